The van der Waals surface area contributed by atoms with Crippen LogP contribution in [0.2, 0.25) is 0 Å². The van der Waals surface area contributed by atoms with Crippen molar-refractivity contribution in [2.75, 3.05) is 45.8 Å². The third-order valence-corrected chi connectivity index (χ3v) is 5.95. The minimum absolute atomic E-state index is 0.286. The Morgan fingerprint density at radius 2 is 1.79 bits per heavy atom. The first kappa shape index (κ1) is 19.2. The summed E-state index contributed by atoms with van der Waals surface area (Å²) in [5.41, 5.74) is 0. The van der Waals surface area contributed by atoms with Gasteiger partial charge >= 0.3 is 0 Å². The normalized spacial score (nSPS) is 21.4. The molecule has 0 atom stereocenters. The van der Waals surface area contributed by atoms with Gasteiger partial charge in [-0.25, -0.2) is 4.99 Å². The van der Waals surface area contributed by atoms with Crippen LogP contribution in [0.3, 0.4) is 0 Å². The van der Waals surface area contributed by atoms with Crippen LogP contribution >= 0.6 is 0 Å². The molecule has 1 aliphatic carbocycles. The number of rotatable bonds is 5. The molecule has 154 valence electrons. The van der Waals surface area contributed by atoms with Crippen LogP contribution in [0.4, 0.5) is 0 Å². The summed E-state index contributed by atoms with van der Waals surface area (Å²) in [7, 11) is 1.98. The molecule has 1 N–H and O–H groups in total. The van der Waals surface area contributed by atoms with Gasteiger partial charge in [-0.15, -0.1) is 10.2 Å². The van der Waals surface area contributed by atoms with E-state index >= 15 is 0 Å². The van der Waals surface area contributed by atoms with Crippen molar-refractivity contribution in [2.24, 2.45) is 12.0 Å². The molecule has 3 fully saturated rings. The first-order valence-corrected chi connectivity index (χ1v) is 10.5. The van der Waals surface area contributed by atoms with E-state index in [4.69, 9.17) is 4.99 Å². The zero-order chi connectivity index (χ0) is 19.5. The number of amides is 1. The zero-order valence-corrected chi connectivity index (χ0v) is 17.1. The van der Waals surface area contributed by atoms with Crippen LogP contribution in [-0.4, -0.2) is 93.2 Å². The standard InChI is InChI=1S/C19H32N8O/c1-15-22-23-17(24(15)2)13-20-19(21-16-5-6-16)27-11-9-25(10-12-27)14-18(28)26-7-3-4-8-26/h16H,3-14H2,1-2H3,(H,20,21). The molecule has 0 bridgehead atoms. The maximum absolute atomic E-state index is 12.4. The summed E-state index contributed by atoms with van der Waals surface area (Å²) in [5.74, 6) is 3.03. The number of nitrogens with zero attached hydrogens (tertiary/aromatic N) is 7. The van der Waals surface area contributed by atoms with Gasteiger partial charge in [0.25, 0.3) is 0 Å². The molecule has 3 heterocycles. The summed E-state index contributed by atoms with van der Waals surface area (Å²) >= 11 is 0. The fourth-order valence-electron chi connectivity index (χ4n) is 3.76. The van der Waals surface area contributed by atoms with Gasteiger partial charge < -0.3 is 19.7 Å². The van der Waals surface area contributed by atoms with Crippen molar-refractivity contribution < 1.29 is 4.79 Å². The first-order chi connectivity index (χ1) is 13.6. The Morgan fingerprint density at radius 1 is 1.07 bits per heavy atom. The molecule has 2 saturated heterocycles. The summed E-state index contributed by atoms with van der Waals surface area (Å²) in [4.78, 5) is 23.8. The van der Waals surface area contributed by atoms with Crippen LogP contribution in [0.1, 0.15) is 37.3 Å². The van der Waals surface area contributed by atoms with Crippen LogP contribution in [0.25, 0.3) is 0 Å². The van der Waals surface area contributed by atoms with Gasteiger partial charge in [0, 0.05) is 52.4 Å². The van der Waals surface area contributed by atoms with Crippen molar-refractivity contribution in [3.05, 3.63) is 11.6 Å². The van der Waals surface area contributed by atoms with Crippen LogP contribution in [-0.2, 0) is 18.4 Å². The fraction of sp³-hybridized carbons (Fsp3) is 0.789. The van der Waals surface area contributed by atoms with E-state index in [1.807, 2.05) is 23.4 Å². The van der Waals surface area contributed by atoms with Gasteiger partial charge in [0.15, 0.2) is 11.8 Å². The Labute approximate surface area is 166 Å². The highest BCUT2D eigenvalue weighted by Gasteiger charge is 2.28. The number of carbonyl (C=O) groups excluding carboxylic acids is 1. The van der Waals surface area contributed by atoms with Crippen molar-refractivity contribution in [3.63, 3.8) is 0 Å². The number of hydrogen-bond donors (Lipinski definition) is 1. The number of guanidine groups is 1. The molecule has 9 heteroatoms. The SMILES string of the molecule is Cc1nnc(CN=C(NC2CC2)N2CCN(CC(=O)N3CCCC3)CC2)n1C. The molecule has 0 unspecified atom stereocenters. The van der Waals surface area contributed by atoms with E-state index in [0.717, 1.165) is 69.7 Å². The van der Waals surface area contributed by atoms with Crippen molar-refractivity contribution in [2.45, 2.75) is 45.2 Å². The summed E-state index contributed by atoms with van der Waals surface area (Å²) in [5, 5.41) is 11.9. The maximum Gasteiger partial charge on any atom is 0.236 e. The minimum atomic E-state index is 0.286. The van der Waals surface area contributed by atoms with Crippen LogP contribution in [0, 0.1) is 6.92 Å². The minimum Gasteiger partial charge on any atom is -0.353 e. The monoisotopic (exact) mass is 388 g/mol. The average Bonchev–Trinajstić information content (AvgIpc) is 3.23. The lowest BCUT2D eigenvalue weighted by Gasteiger charge is -2.36. The molecule has 0 radical (unpaired) electrons. The Hall–Kier alpha value is -2.16. The molecule has 1 aromatic rings. The number of aryl methyl sites for hydroxylation is 1. The van der Waals surface area contributed by atoms with Crippen molar-refractivity contribution >= 4 is 11.9 Å². The second-order valence-electron chi connectivity index (χ2n) is 8.13. The highest BCUT2D eigenvalue weighted by Crippen LogP contribution is 2.19. The quantitative estimate of drug-likeness (QED) is 0.564. The van der Waals surface area contributed by atoms with E-state index in [2.05, 4.69) is 25.3 Å². The van der Waals surface area contributed by atoms with Gasteiger partial charge in [0.05, 0.1) is 6.54 Å². The molecular weight excluding hydrogens is 356 g/mol. The summed E-state index contributed by atoms with van der Waals surface area (Å²) in [6.07, 6.45) is 4.73. The predicted molar refractivity (Wildman–Crippen MR) is 107 cm³/mol. The fourth-order valence-corrected chi connectivity index (χ4v) is 3.76. The highest BCUT2D eigenvalue weighted by atomic mass is 16.2. The van der Waals surface area contributed by atoms with E-state index in [9.17, 15) is 4.79 Å². The van der Waals surface area contributed by atoms with Crippen LogP contribution < -0.4 is 5.32 Å². The zero-order valence-electron chi connectivity index (χ0n) is 17.1. The molecular formula is C19H32N8O. The van der Waals surface area contributed by atoms with Crippen molar-refractivity contribution in [3.8, 4) is 0 Å². The van der Waals surface area contributed by atoms with E-state index in [1.165, 1.54) is 12.8 Å². The number of carbonyl (C=O) groups is 1. The van der Waals surface area contributed by atoms with E-state index in [1.54, 1.807) is 0 Å². The molecule has 1 aromatic heterocycles. The average molecular weight is 389 g/mol. The molecule has 3 aliphatic rings. The van der Waals surface area contributed by atoms with E-state index in [-0.39, 0.29) is 5.91 Å². The molecule has 1 amide bonds. The largest absolute Gasteiger partial charge is 0.353 e. The van der Waals surface area contributed by atoms with Gasteiger partial charge in [0.2, 0.25) is 5.91 Å². The summed E-state index contributed by atoms with van der Waals surface area (Å²) in [6.45, 7) is 8.47. The third kappa shape index (κ3) is 4.63. The second kappa shape index (κ2) is 8.46. The molecule has 4 rings (SSSR count). The Balaban J connectivity index is 1.32. The summed E-state index contributed by atoms with van der Waals surface area (Å²) < 4.78 is 1.99. The number of aromatic nitrogens is 3. The smallest absolute Gasteiger partial charge is 0.236 e. The molecule has 2 aliphatic heterocycles. The molecule has 9 nitrogen and oxygen atoms in total. The molecule has 0 spiro atoms. The lowest BCUT2D eigenvalue weighted by atomic mass is 10.3. The topological polar surface area (TPSA) is 81.9 Å². The van der Waals surface area contributed by atoms with Gasteiger partial charge in [-0.05, 0) is 32.6 Å². The van der Waals surface area contributed by atoms with Crippen LogP contribution in [0.15, 0.2) is 4.99 Å². The number of hydrogen-bond acceptors (Lipinski definition) is 5. The number of likely N-dealkylation sites (tertiary alicyclic amines) is 1. The second-order valence-corrected chi connectivity index (χ2v) is 8.13. The van der Waals surface area contributed by atoms with Gasteiger partial charge in [-0.2, -0.15) is 0 Å². The van der Waals surface area contributed by atoms with E-state index in [0.29, 0.717) is 19.1 Å². The number of aliphatic imine (C=N–C) groups is 1. The first-order valence-electron chi connectivity index (χ1n) is 10.5. The maximum atomic E-state index is 12.4. The van der Waals surface area contributed by atoms with Crippen LogP contribution in [0.5, 0.6) is 0 Å². The lowest BCUT2D eigenvalue weighted by Crippen LogP contribution is -2.54. The molecule has 0 aromatic carbocycles. The Bertz CT molecular complexity index is 712. The molecule has 1 saturated carbocycles. The highest BCUT2D eigenvalue weighted by molar-refractivity contribution is 5.81. The van der Waals surface area contributed by atoms with Crippen molar-refractivity contribution in [1.29, 1.82) is 0 Å². The van der Waals surface area contributed by atoms with Gasteiger partial charge in [0.1, 0.15) is 12.4 Å². The van der Waals surface area contributed by atoms with Gasteiger partial charge in [-0.1, -0.05) is 0 Å². The third-order valence-electron chi connectivity index (χ3n) is 5.95. The number of piperazine rings is 1. The molecule has 28 heavy (non-hydrogen) atoms. The summed E-state index contributed by atoms with van der Waals surface area (Å²) in [6, 6.07) is 0.551. The Kier molecular flexibility index (Phi) is 5.79. The Morgan fingerprint density at radius 3 is 2.39 bits per heavy atom. The van der Waals surface area contributed by atoms with Crippen molar-refractivity contribution in [1.82, 2.24) is 34.8 Å². The van der Waals surface area contributed by atoms with Gasteiger partial charge in [-0.3, -0.25) is 9.69 Å². The predicted octanol–water partition coefficient (Wildman–Crippen LogP) is -0.0285. The van der Waals surface area contributed by atoms with E-state index < -0.39 is 0 Å². The lowest BCUT2D eigenvalue weighted by molar-refractivity contribution is -0.131. The number of nitrogens with one attached hydrogen (secondary N) is 1.